The van der Waals surface area contributed by atoms with Crippen LogP contribution in [0.15, 0.2) is 11.8 Å². The third-order valence-electron chi connectivity index (χ3n) is 10.2. The van der Waals surface area contributed by atoms with E-state index in [4.69, 9.17) is 18.9 Å². The van der Waals surface area contributed by atoms with Crippen molar-refractivity contribution in [3.63, 3.8) is 0 Å². The third kappa shape index (κ3) is 8.19. The van der Waals surface area contributed by atoms with E-state index in [1.807, 2.05) is 14.2 Å². The predicted molar refractivity (Wildman–Crippen MR) is 151 cm³/mol. The molecule has 4 saturated carbocycles. The molecule has 37 heavy (non-hydrogen) atoms. The fourth-order valence-electron chi connectivity index (χ4n) is 7.98. The highest BCUT2D eigenvalue weighted by atomic mass is 16.5. The summed E-state index contributed by atoms with van der Waals surface area (Å²) in [5.74, 6) is 1.44. The van der Waals surface area contributed by atoms with Crippen LogP contribution in [0.3, 0.4) is 0 Å². The Morgan fingerprint density at radius 3 is 1.22 bits per heavy atom. The van der Waals surface area contributed by atoms with Crippen LogP contribution in [0.1, 0.15) is 117 Å². The summed E-state index contributed by atoms with van der Waals surface area (Å²) in [6.07, 6.45) is 24.5. The molecule has 4 fully saturated rings. The molecule has 0 aromatic heterocycles. The van der Waals surface area contributed by atoms with Crippen molar-refractivity contribution in [1.82, 2.24) is 4.90 Å². The lowest BCUT2D eigenvalue weighted by Crippen LogP contribution is -2.45. The number of methoxy groups -OCH3 is 2. The zero-order chi connectivity index (χ0) is 26.0. The first-order valence-electron chi connectivity index (χ1n) is 15.9. The Hall–Kier alpha value is -0.620. The average Bonchev–Trinajstić information content (AvgIpc) is 2.95. The molecule has 5 nitrogen and oxygen atoms in total. The molecule has 0 unspecified atom stereocenters. The second-order valence-corrected chi connectivity index (χ2v) is 12.3. The van der Waals surface area contributed by atoms with Gasteiger partial charge in [-0.2, -0.15) is 0 Å². The van der Waals surface area contributed by atoms with Gasteiger partial charge in [-0.25, -0.2) is 0 Å². The maximum atomic E-state index is 6.04. The maximum Gasteiger partial charge on any atom is 0.0575 e. The fourth-order valence-corrected chi connectivity index (χ4v) is 7.98. The molecule has 5 heteroatoms. The monoisotopic (exact) mass is 519 g/mol. The Bertz CT molecular complexity index is 600. The van der Waals surface area contributed by atoms with E-state index in [1.54, 1.807) is 5.57 Å². The van der Waals surface area contributed by atoms with E-state index in [-0.39, 0.29) is 0 Å². The molecule has 0 N–H and O–H groups in total. The van der Waals surface area contributed by atoms with Crippen molar-refractivity contribution in [3.05, 3.63) is 11.8 Å². The molecule has 0 bridgehead atoms. The molecule has 0 aromatic carbocycles. The molecule has 0 heterocycles. The first-order valence-corrected chi connectivity index (χ1v) is 15.9. The number of nitrogens with zero attached hydrogens (tertiary/aromatic N) is 1. The van der Waals surface area contributed by atoms with Crippen molar-refractivity contribution < 1.29 is 18.9 Å². The largest absolute Gasteiger partial charge is 0.381 e. The van der Waals surface area contributed by atoms with Crippen LogP contribution in [-0.4, -0.2) is 68.8 Å². The number of rotatable bonds is 11. The molecule has 0 spiro atoms. The predicted octanol–water partition coefficient (Wildman–Crippen LogP) is 7.28. The summed E-state index contributed by atoms with van der Waals surface area (Å²) in [4.78, 5) is 2.90. The molecular formula is C32H57NO4. The fraction of sp³-hybridized carbons (Fsp3) is 0.938. The number of ether oxygens (including phenoxy) is 4. The van der Waals surface area contributed by atoms with Gasteiger partial charge in [0.15, 0.2) is 0 Å². The van der Waals surface area contributed by atoms with Crippen LogP contribution in [-0.2, 0) is 18.9 Å². The van der Waals surface area contributed by atoms with Gasteiger partial charge in [0, 0.05) is 39.5 Å². The van der Waals surface area contributed by atoms with Gasteiger partial charge in [-0.3, -0.25) is 0 Å². The normalized spacial score (nSPS) is 37.2. The standard InChI is InChI=1S/C32H57NO4/c1-5-36-30-15-7-24(8-16-30)32(25-9-17-31(18-10-25)37-6-2)23-33(26-11-19-28(34-3)20-12-26)27-13-21-29(35-4)22-14-27/h23-31H,5-22H2,1-4H3. The first kappa shape index (κ1) is 29.4. The summed E-state index contributed by atoms with van der Waals surface area (Å²) in [6.45, 7) is 5.98. The van der Waals surface area contributed by atoms with E-state index in [2.05, 4.69) is 24.9 Å². The number of hydrogen-bond acceptors (Lipinski definition) is 5. The molecule has 4 aliphatic rings. The van der Waals surface area contributed by atoms with Gasteiger partial charge in [-0.1, -0.05) is 0 Å². The number of hydrogen-bond donors (Lipinski definition) is 0. The minimum absolute atomic E-state index is 0.452. The van der Waals surface area contributed by atoms with Crippen LogP contribution < -0.4 is 0 Å². The quantitative estimate of drug-likeness (QED) is 0.287. The van der Waals surface area contributed by atoms with Gasteiger partial charge in [-0.05, 0) is 140 Å². The Balaban J connectivity index is 1.55. The minimum atomic E-state index is 0.452. The average molecular weight is 520 g/mol. The van der Waals surface area contributed by atoms with Gasteiger partial charge in [-0.15, -0.1) is 0 Å². The van der Waals surface area contributed by atoms with Gasteiger partial charge in [0.25, 0.3) is 0 Å². The summed E-state index contributed by atoms with van der Waals surface area (Å²) in [5.41, 5.74) is 1.78. The smallest absolute Gasteiger partial charge is 0.0575 e. The van der Waals surface area contributed by atoms with Crippen LogP contribution in [0.2, 0.25) is 0 Å². The van der Waals surface area contributed by atoms with Crippen LogP contribution >= 0.6 is 0 Å². The van der Waals surface area contributed by atoms with E-state index in [1.165, 1.54) is 103 Å². The molecule has 214 valence electrons. The molecule has 4 rings (SSSR count). The topological polar surface area (TPSA) is 40.2 Å². The van der Waals surface area contributed by atoms with Gasteiger partial charge >= 0.3 is 0 Å². The second-order valence-electron chi connectivity index (χ2n) is 12.3. The zero-order valence-corrected chi connectivity index (χ0v) is 24.5. The van der Waals surface area contributed by atoms with Crippen molar-refractivity contribution in [2.45, 2.75) is 153 Å². The molecule has 0 aliphatic heterocycles. The Kier molecular flexibility index (Phi) is 12.1. The summed E-state index contributed by atoms with van der Waals surface area (Å²) in [5, 5.41) is 0. The molecule has 0 saturated heterocycles. The van der Waals surface area contributed by atoms with E-state index in [9.17, 15) is 0 Å². The van der Waals surface area contributed by atoms with E-state index >= 15 is 0 Å². The maximum absolute atomic E-state index is 6.04. The highest BCUT2D eigenvalue weighted by Gasteiger charge is 2.35. The summed E-state index contributed by atoms with van der Waals surface area (Å²) in [7, 11) is 3.79. The van der Waals surface area contributed by atoms with Gasteiger partial charge in [0.2, 0.25) is 0 Å². The summed E-state index contributed by atoms with van der Waals surface area (Å²) in [6, 6.07) is 1.31. The van der Waals surface area contributed by atoms with E-state index < -0.39 is 0 Å². The summed E-state index contributed by atoms with van der Waals surface area (Å²) >= 11 is 0. The van der Waals surface area contributed by atoms with Crippen molar-refractivity contribution in [2.24, 2.45) is 11.8 Å². The Morgan fingerprint density at radius 2 is 0.892 bits per heavy atom. The lowest BCUT2D eigenvalue weighted by atomic mass is 9.72. The van der Waals surface area contributed by atoms with Crippen molar-refractivity contribution >= 4 is 0 Å². The van der Waals surface area contributed by atoms with Gasteiger partial charge in [0.05, 0.1) is 24.4 Å². The molecule has 0 radical (unpaired) electrons. The SMILES string of the molecule is CCOC1CCC(C(=CN(C2CCC(OC)CC2)C2CCC(OC)CC2)C2CCC(OCC)CC2)CC1. The van der Waals surface area contributed by atoms with Crippen LogP contribution in [0, 0.1) is 11.8 Å². The second kappa shape index (κ2) is 15.2. The first-order chi connectivity index (χ1) is 18.1. The third-order valence-corrected chi connectivity index (χ3v) is 10.2. The number of allylic oxidation sites excluding steroid dienone is 1. The van der Waals surface area contributed by atoms with E-state index in [0.717, 1.165) is 25.0 Å². The molecule has 0 atom stereocenters. The molecular weight excluding hydrogens is 462 g/mol. The minimum Gasteiger partial charge on any atom is -0.381 e. The zero-order valence-electron chi connectivity index (χ0n) is 24.5. The van der Waals surface area contributed by atoms with Crippen molar-refractivity contribution in [1.29, 1.82) is 0 Å². The van der Waals surface area contributed by atoms with Crippen LogP contribution in [0.25, 0.3) is 0 Å². The van der Waals surface area contributed by atoms with E-state index in [0.29, 0.717) is 36.5 Å². The lowest BCUT2D eigenvalue weighted by molar-refractivity contribution is 0.0129. The van der Waals surface area contributed by atoms with Crippen molar-refractivity contribution in [3.8, 4) is 0 Å². The highest BCUT2D eigenvalue weighted by Crippen LogP contribution is 2.42. The van der Waals surface area contributed by atoms with Gasteiger partial charge in [0.1, 0.15) is 0 Å². The summed E-state index contributed by atoms with van der Waals surface area (Å²) < 4.78 is 23.6. The lowest BCUT2D eigenvalue weighted by Gasteiger charge is -2.45. The molecule has 0 amide bonds. The Labute approximate surface area is 228 Å². The van der Waals surface area contributed by atoms with Crippen LogP contribution in [0.5, 0.6) is 0 Å². The van der Waals surface area contributed by atoms with Crippen LogP contribution in [0.4, 0.5) is 0 Å². The Morgan fingerprint density at radius 1 is 0.541 bits per heavy atom. The van der Waals surface area contributed by atoms with Gasteiger partial charge < -0.3 is 23.8 Å². The molecule has 0 aromatic rings. The highest BCUT2D eigenvalue weighted by molar-refractivity contribution is 5.15. The molecule has 4 aliphatic carbocycles. The van der Waals surface area contributed by atoms with Crippen molar-refractivity contribution in [2.75, 3.05) is 27.4 Å².